The number of hydrogen-bond donors (Lipinski definition) is 2. The average Bonchev–Trinajstić information content (AvgIpc) is 3.10. The fraction of sp³-hybridized carbons (Fsp3) is 0.0455. The van der Waals surface area contributed by atoms with Gasteiger partial charge in [0.15, 0.2) is 0 Å². The van der Waals surface area contributed by atoms with Crippen LogP contribution in [0.3, 0.4) is 0 Å². The Hall–Kier alpha value is -3.73. The van der Waals surface area contributed by atoms with Gasteiger partial charge < -0.3 is 10.7 Å². The number of amides is 1. The minimum absolute atomic E-state index is 0.465. The van der Waals surface area contributed by atoms with Gasteiger partial charge in [-0.15, -0.1) is 0 Å². The molecule has 0 spiro atoms. The first-order chi connectivity index (χ1) is 13.1. The fourth-order valence-corrected chi connectivity index (χ4v) is 3.11. The highest BCUT2D eigenvalue weighted by Crippen LogP contribution is 2.31. The molecule has 1 amide bonds. The van der Waals surface area contributed by atoms with Crippen LogP contribution in [0.4, 0.5) is 0 Å². The summed E-state index contributed by atoms with van der Waals surface area (Å²) in [6.45, 7) is 1.98. The normalized spacial score (nSPS) is 11.3. The molecule has 4 rings (SSSR count). The zero-order valence-electron chi connectivity index (χ0n) is 14.8. The van der Waals surface area contributed by atoms with Crippen LogP contribution < -0.4 is 5.73 Å². The van der Waals surface area contributed by atoms with Crippen LogP contribution >= 0.6 is 0 Å². The summed E-state index contributed by atoms with van der Waals surface area (Å²) in [4.78, 5) is 23.0. The predicted molar refractivity (Wildman–Crippen MR) is 108 cm³/mol. The molecule has 27 heavy (non-hydrogen) atoms. The molecule has 0 unspecified atom stereocenters. The summed E-state index contributed by atoms with van der Waals surface area (Å²) in [6.07, 6.45) is 8.70. The second-order valence-corrected chi connectivity index (χ2v) is 6.37. The van der Waals surface area contributed by atoms with Gasteiger partial charge >= 0.3 is 0 Å². The first-order valence-corrected chi connectivity index (χ1v) is 8.58. The molecule has 0 aliphatic rings. The van der Waals surface area contributed by atoms with Gasteiger partial charge in [-0.3, -0.25) is 9.78 Å². The molecule has 1 aromatic carbocycles. The van der Waals surface area contributed by atoms with Crippen molar-refractivity contribution in [3.8, 4) is 22.3 Å². The summed E-state index contributed by atoms with van der Waals surface area (Å²) in [5.74, 6) is -0.465. The molecule has 5 nitrogen and oxygen atoms in total. The monoisotopic (exact) mass is 354 g/mol. The lowest BCUT2D eigenvalue weighted by Gasteiger charge is -2.05. The SMILES string of the molecule is Cc1cc(-c2c[nH]c3ncc(-c4cccc(C=CC(N)=O)c4)cc23)ccn1. The Balaban J connectivity index is 1.79. The summed E-state index contributed by atoms with van der Waals surface area (Å²) in [5, 5.41) is 1.05. The number of aromatic nitrogens is 3. The molecular weight excluding hydrogens is 336 g/mol. The van der Waals surface area contributed by atoms with Crippen molar-refractivity contribution in [1.29, 1.82) is 0 Å². The number of rotatable bonds is 4. The molecule has 3 heterocycles. The summed E-state index contributed by atoms with van der Waals surface area (Å²) in [6, 6.07) is 14.1. The highest BCUT2D eigenvalue weighted by molar-refractivity contribution is 5.96. The minimum atomic E-state index is -0.465. The van der Waals surface area contributed by atoms with Gasteiger partial charge in [-0.25, -0.2) is 4.98 Å². The van der Waals surface area contributed by atoms with Crippen LogP contribution in [0.15, 0.2) is 67.1 Å². The first kappa shape index (κ1) is 16.7. The molecular formula is C22H18N4O. The predicted octanol–water partition coefficient (Wildman–Crippen LogP) is 4.10. The summed E-state index contributed by atoms with van der Waals surface area (Å²) >= 11 is 0. The topological polar surface area (TPSA) is 84.7 Å². The number of benzene rings is 1. The molecule has 3 aromatic heterocycles. The van der Waals surface area contributed by atoms with E-state index >= 15 is 0 Å². The number of nitrogens with zero attached hydrogens (tertiary/aromatic N) is 2. The second kappa shape index (κ2) is 6.88. The molecule has 0 aliphatic heterocycles. The maximum atomic E-state index is 11.0. The van der Waals surface area contributed by atoms with Gasteiger partial charge in [0, 0.05) is 46.9 Å². The molecule has 0 saturated heterocycles. The number of H-pyrrole nitrogens is 1. The van der Waals surface area contributed by atoms with E-state index in [2.05, 4.69) is 27.1 Å². The van der Waals surface area contributed by atoms with Gasteiger partial charge in [-0.1, -0.05) is 18.2 Å². The van der Waals surface area contributed by atoms with Crippen molar-refractivity contribution in [1.82, 2.24) is 15.0 Å². The molecule has 0 saturated carbocycles. The van der Waals surface area contributed by atoms with Crippen molar-refractivity contribution in [2.45, 2.75) is 6.92 Å². The van der Waals surface area contributed by atoms with Gasteiger partial charge in [0.25, 0.3) is 0 Å². The number of nitrogens with two attached hydrogens (primary N) is 1. The smallest absolute Gasteiger partial charge is 0.241 e. The molecule has 0 radical (unpaired) electrons. The Labute approximate surface area is 156 Å². The van der Waals surface area contributed by atoms with Crippen molar-refractivity contribution in [2.24, 2.45) is 5.73 Å². The van der Waals surface area contributed by atoms with Crippen LogP contribution in [0.2, 0.25) is 0 Å². The molecule has 0 fully saturated rings. The van der Waals surface area contributed by atoms with Crippen LogP contribution in [0.1, 0.15) is 11.3 Å². The van der Waals surface area contributed by atoms with E-state index in [1.807, 2.05) is 55.8 Å². The van der Waals surface area contributed by atoms with Gasteiger partial charge in [-0.2, -0.15) is 0 Å². The standard InChI is InChI=1S/C22H18N4O/c1-14-9-17(7-8-24-14)20-13-26-22-19(20)11-18(12-25-22)16-4-2-3-15(10-16)5-6-21(23)27/h2-13H,1H3,(H2,23,27)(H,25,26). The van der Waals surface area contributed by atoms with Gasteiger partial charge in [-0.05, 0) is 54.0 Å². The van der Waals surface area contributed by atoms with E-state index in [9.17, 15) is 4.79 Å². The quantitative estimate of drug-likeness (QED) is 0.541. The number of aromatic amines is 1. The van der Waals surface area contributed by atoms with Crippen LogP contribution in [0.25, 0.3) is 39.4 Å². The third kappa shape index (κ3) is 3.48. The number of fused-ring (bicyclic) bond motifs is 1. The first-order valence-electron chi connectivity index (χ1n) is 8.58. The number of pyridine rings is 2. The Bertz CT molecular complexity index is 1170. The molecule has 0 aliphatic carbocycles. The highest BCUT2D eigenvalue weighted by atomic mass is 16.1. The van der Waals surface area contributed by atoms with E-state index in [-0.39, 0.29) is 0 Å². The highest BCUT2D eigenvalue weighted by Gasteiger charge is 2.09. The molecule has 4 aromatic rings. The lowest BCUT2D eigenvalue weighted by atomic mass is 10.0. The largest absolute Gasteiger partial charge is 0.366 e. The van der Waals surface area contributed by atoms with Crippen molar-refractivity contribution < 1.29 is 4.79 Å². The minimum Gasteiger partial charge on any atom is -0.366 e. The zero-order chi connectivity index (χ0) is 18.8. The van der Waals surface area contributed by atoms with E-state index in [1.54, 1.807) is 6.08 Å². The molecule has 0 bridgehead atoms. The summed E-state index contributed by atoms with van der Waals surface area (Å²) in [7, 11) is 0. The maximum absolute atomic E-state index is 11.0. The van der Waals surface area contributed by atoms with Gasteiger partial charge in [0.05, 0.1) is 0 Å². The van der Waals surface area contributed by atoms with E-state index in [0.29, 0.717) is 0 Å². The molecule has 0 atom stereocenters. The van der Waals surface area contributed by atoms with E-state index in [0.717, 1.165) is 44.5 Å². The zero-order valence-corrected chi connectivity index (χ0v) is 14.8. The Morgan fingerprint density at radius 2 is 1.96 bits per heavy atom. The third-order valence-electron chi connectivity index (χ3n) is 4.40. The van der Waals surface area contributed by atoms with Crippen molar-refractivity contribution >= 4 is 23.0 Å². The fourth-order valence-electron chi connectivity index (χ4n) is 3.11. The lowest BCUT2D eigenvalue weighted by molar-refractivity contribution is -0.113. The average molecular weight is 354 g/mol. The van der Waals surface area contributed by atoms with Crippen molar-refractivity contribution in [3.63, 3.8) is 0 Å². The number of primary amides is 1. The van der Waals surface area contributed by atoms with E-state index in [4.69, 9.17) is 5.73 Å². The number of aryl methyl sites for hydroxylation is 1. The number of carbonyl (C=O) groups is 1. The lowest BCUT2D eigenvalue weighted by Crippen LogP contribution is -2.05. The van der Waals surface area contributed by atoms with Gasteiger partial charge in [0.2, 0.25) is 5.91 Å². The third-order valence-corrected chi connectivity index (χ3v) is 4.40. The van der Waals surface area contributed by atoms with E-state index < -0.39 is 5.91 Å². The van der Waals surface area contributed by atoms with Crippen molar-refractivity contribution in [3.05, 3.63) is 78.4 Å². The number of carbonyl (C=O) groups excluding carboxylic acids is 1. The number of nitrogens with one attached hydrogen (secondary N) is 1. The Morgan fingerprint density at radius 1 is 1.07 bits per heavy atom. The van der Waals surface area contributed by atoms with E-state index in [1.165, 1.54) is 6.08 Å². The maximum Gasteiger partial charge on any atom is 0.241 e. The molecule has 5 heteroatoms. The van der Waals surface area contributed by atoms with Crippen LogP contribution in [-0.4, -0.2) is 20.9 Å². The summed E-state index contributed by atoms with van der Waals surface area (Å²) < 4.78 is 0. The molecule has 3 N–H and O–H groups in total. The van der Waals surface area contributed by atoms with Crippen LogP contribution in [-0.2, 0) is 4.79 Å². The summed E-state index contributed by atoms with van der Waals surface area (Å²) in [5.41, 5.74) is 12.1. The second-order valence-electron chi connectivity index (χ2n) is 6.37. The van der Waals surface area contributed by atoms with Crippen LogP contribution in [0.5, 0.6) is 0 Å². The number of hydrogen-bond acceptors (Lipinski definition) is 3. The Kier molecular flexibility index (Phi) is 4.26. The molecule has 132 valence electrons. The van der Waals surface area contributed by atoms with Crippen molar-refractivity contribution in [2.75, 3.05) is 0 Å². The Morgan fingerprint density at radius 3 is 2.78 bits per heavy atom. The van der Waals surface area contributed by atoms with Crippen LogP contribution in [0, 0.1) is 6.92 Å². The van der Waals surface area contributed by atoms with Gasteiger partial charge in [0.1, 0.15) is 5.65 Å².